The van der Waals surface area contributed by atoms with Crippen LogP contribution in [0.2, 0.25) is 5.02 Å². The highest BCUT2D eigenvalue weighted by molar-refractivity contribution is 7.99. The fourth-order valence-corrected chi connectivity index (χ4v) is 18.8. The number of halogens is 4. The number of thioether (sulfide) groups is 1. The van der Waals surface area contributed by atoms with Gasteiger partial charge in [-0.2, -0.15) is 13.2 Å². The van der Waals surface area contributed by atoms with E-state index < -0.39 is 100 Å². The van der Waals surface area contributed by atoms with Crippen molar-refractivity contribution in [2.75, 3.05) is 81.4 Å². The SMILES string of the molecule is Cc1ncsc1-c1ccc([C@H](C)NC(=O)[C@@H]2C[C@@H](O)CN2C(=O)[C@@H](NC(=O)CCCC(=O)N2CCN(CC[C@H](CSc3ccccc3)Nc3ccc(S(=O)(=O)NC(=O)c4ccc5c(c4)CCC4CN(CC6=C(c7ccc(Cl)cc7)CCC(C)(C)C6)CCN54)cc3S(=O)(=O)C(F)(F)F)CC2)C(C)(C)C)cc1. The number of hydrogen-bond acceptors (Lipinski definition) is 17. The van der Waals surface area contributed by atoms with Crippen molar-refractivity contribution in [3.63, 3.8) is 0 Å². The van der Waals surface area contributed by atoms with E-state index in [0.29, 0.717) is 50.2 Å². The zero-order chi connectivity index (χ0) is 75.3. The number of nitrogens with one attached hydrogen (secondary N) is 4. The lowest BCUT2D eigenvalue weighted by Crippen LogP contribution is -2.57. The Morgan fingerprint density at radius 1 is 0.819 bits per heavy atom. The number of benzene rings is 5. The molecule has 6 aromatic rings. The summed E-state index contributed by atoms with van der Waals surface area (Å²) in [6.45, 7) is 18.8. The van der Waals surface area contributed by atoms with Crippen LogP contribution in [-0.2, 0) is 45.5 Å². The largest absolute Gasteiger partial charge is 0.501 e. The van der Waals surface area contributed by atoms with Crippen LogP contribution < -0.4 is 25.6 Å². The van der Waals surface area contributed by atoms with Crippen molar-refractivity contribution >= 4 is 101 Å². The topological polar surface area (TPSA) is 251 Å². The number of likely N-dealkylation sites (tertiary alicyclic amines) is 1. The average Bonchev–Trinajstić information content (AvgIpc) is 1.69. The first kappa shape index (κ1) is 78.7. The number of carbonyl (C=O) groups is 5. The minimum atomic E-state index is -6.20. The number of aromatic nitrogens is 1. The number of amides is 5. The van der Waals surface area contributed by atoms with E-state index in [4.69, 9.17) is 11.6 Å². The number of allylic oxidation sites excluding steroid dienone is 1. The Morgan fingerprint density at radius 2 is 1.52 bits per heavy atom. The highest BCUT2D eigenvalue weighted by Gasteiger charge is 2.49. The molecule has 20 nitrogen and oxygen atoms in total. The molecule has 564 valence electrons. The zero-order valence-corrected chi connectivity index (χ0v) is 64.3. The van der Waals surface area contributed by atoms with Gasteiger partial charge < -0.3 is 35.8 Å². The van der Waals surface area contributed by atoms with E-state index in [2.05, 4.69) is 61.6 Å². The summed E-state index contributed by atoms with van der Waals surface area (Å²) in [6.07, 6.45) is 3.98. The van der Waals surface area contributed by atoms with Gasteiger partial charge in [-0.3, -0.25) is 33.8 Å². The first-order valence-corrected chi connectivity index (χ1v) is 41.1. The number of aliphatic hydroxyl groups excluding tert-OH is 1. The van der Waals surface area contributed by atoms with Crippen LogP contribution in [0.3, 0.4) is 0 Å². The second-order valence-electron chi connectivity index (χ2n) is 30.1. The Kier molecular flexibility index (Phi) is 24.7. The maximum Gasteiger partial charge on any atom is 0.501 e. The molecule has 5 aromatic carbocycles. The Morgan fingerprint density at radius 3 is 2.21 bits per heavy atom. The van der Waals surface area contributed by atoms with E-state index in [0.717, 1.165) is 102 Å². The maximum atomic E-state index is 14.7. The number of nitrogens with zero attached hydrogens (tertiary/aromatic N) is 6. The van der Waals surface area contributed by atoms with E-state index in [9.17, 15) is 59.1 Å². The molecule has 5 N–H and O–H groups in total. The number of aliphatic hydroxyl groups is 1. The summed E-state index contributed by atoms with van der Waals surface area (Å²) >= 11 is 9.19. The molecule has 0 bridgehead atoms. The molecule has 105 heavy (non-hydrogen) atoms. The van der Waals surface area contributed by atoms with Crippen LogP contribution in [0.1, 0.15) is 138 Å². The summed E-state index contributed by atoms with van der Waals surface area (Å²) in [4.78, 5) is 83.3. The number of thiazole rings is 1. The summed E-state index contributed by atoms with van der Waals surface area (Å²) in [6, 6.07) is 29.5. The molecule has 5 heterocycles. The minimum absolute atomic E-state index is 0.0107. The van der Waals surface area contributed by atoms with Crippen molar-refractivity contribution in [2.24, 2.45) is 10.8 Å². The van der Waals surface area contributed by atoms with Crippen molar-refractivity contribution in [3.05, 3.63) is 159 Å². The van der Waals surface area contributed by atoms with E-state index in [-0.39, 0.29) is 67.3 Å². The number of sulfone groups is 1. The van der Waals surface area contributed by atoms with Crippen LogP contribution in [0.4, 0.5) is 24.5 Å². The third-order valence-electron chi connectivity index (χ3n) is 20.8. The first-order chi connectivity index (χ1) is 49.7. The van der Waals surface area contributed by atoms with Gasteiger partial charge in [0.1, 0.15) is 17.0 Å². The van der Waals surface area contributed by atoms with Gasteiger partial charge in [0.05, 0.1) is 38.8 Å². The van der Waals surface area contributed by atoms with Gasteiger partial charge in [-0.1, -0.05) is 106 Å². The molecule has 4 aliphatic heterocycles. The number of rotatable bonds is 25. The fraction of sp³-hybridized carbons (Fsp3) is 0.481. The van der Waals surface area contributed by atoms with Crippen LogP contribution in [0.15, 0.2) is 141 Å². The predicted molar refractivity (Wildman–Crippen MR) is 405 cm³/mol. The highest BCUT2D eigenvalue weighted by Crippen LogP contribution is 2.44. The molecular formula is C77H94ClF3N10O10S4. The zero-order valence-electron chi connectivity index (χ0n) is 60.3. The van der Waals surface area contributed by atoms with E-state index in [1.807, 2.05) is 85.3 Å². The molecule has 6 atom stereocenters. The van der Waals surface area contributed by atoms with Gasteiger partial charge in [0.25, 0.3) is 25.8 Å². The lowest BCUT2D eigenvalue weighted by Gasteiger charge is -2.47. The van der Waals surface area contributed by atoms with Crippen LogP contribution in [0.5, 0.6) is 0 Å². The quantitative estimate of drug-likeness (QED) is 0.0334. The number of alkyl halides is 3. The molecule has 28 heteroatoms. The van der Waals surface area contributed by atoms with Gasteiger partial charge in [0.2, 0.25) is 23.6 Å². The van der Waals surface area contributed by atoms with Gasteiger partial charge in [0.15, 0.2) is 0 Å². The number of aryl methyl sites for hydroxylation is 2. The number of β-amino-alcohol motifs (C(OH)–C–C–N with tert-alkyl or cyclic N) is 1. The molecule has 3 fully saturated rings. The second-order valence-corrected chi connectivity index (χ2v) is 36.1. The molecule has 0 saturated carbocycles. The highest BCUT2D eigenvalue weighted by atomic mass is 35.5. The van der Waals surface area contributed by atoms with E-state index >= 15 is 0 Å². The molecule has 11 rings (SSSR count). The number of sulfonamides is 1. The Bertz CT molecular complexity index is 4420. The minimum Gasteiger partial charge on any atom is -0.391 e. The van der Waals surface area contributed by atoms with Gasteiger partial charge in [-0.05, 0) is 158 Å². The molecule has 0 radical (unpaired) electrons. The van der Waals surface area contributed by atoms with Crippen molar-refractivity contribution in [1.82, 2.24) is 39.9 Å². The van der Waals surface area contributed by atoms with Gasteiger partial charge in [-0.25, -0.2) is 26.5 Å². The Labute approximate surface area is 627 Å². The standard InChI is InChI=1S/C77H94ClF3N10O10S4/c1-49(51-16-18-53(19-17-51)70-50(2)82-48-103-70)83-73(96)66-41-60(92)46-91(66)74(97)71(75(3,4)5)85-68(93)14-11-15-69(94)89-37-34-87(35-38-89)33-31-58(47-102-61-12-9-8-10-13-61)84-64-28-27-62(42-67(64)104(98,99)77(79,80)81)105(100,101)86-72(95)55-23-29-65-54(40-55)22-26-59-45-88(36-39-90(59)65)44-56-43-76(6,7)32-30-63(56)52-20-24-57(78)25-21-52/h8-10,12-13,16-21,23-25,27-29,40,42,48-49,58-60,66,71,84,92H,11,14-15,22,26,30-39,41,43-47H2,1-7H3,(H,83,96)(H,85,93)(H,86,95)/t49-,58+,59?,60+,66-,71+/m0/s1. The lowest BCUT2D eigenvalue weighted by atomic mass is 9.72. The van der Waals surface area contributed by atoms with Crippen LogP contribution in [0, 0.1) is 17.8 Å². The van der Waals surface area contributed by atoms with Crippen LogP contribution >= 0.6 is 34.7 Å². The Hall–Kier alpha value is -7.37. The molecule has 3 saturated heterocycles. The number of carbonyl (C=O) groups excluding carboxylic acids is 5. The maximum absolute atomic E-state index is 14.7. The summed E-state index contributed by atoms with van der Waals surface area (Å²) < 4.78 is 101. The number of piperazine rings is 2. The molecule has 1 unspecified atom stereocenters. The average molecular weight is 1540 g/mol. The number of fused-ring (bicyclic) bond motifs is 3. The third kappa shape index (κ3) is 19.3. The normalized spacial score (nSPS) is 19.8. The molecule has 1 aliphatic carbocycles. The fourth-order valence-electron chi connectivity index (χ4n) is 14.9. The second kappa shape index (κ2) is 33.0. The molecule has 5 amide bonds. The summed E-state index contributed by atoms with van der Waals surface area (Å²) in [5.74, 6) is -2.39. The monoisotopic (exact) mass is 1540 g/mol. The summed E-state index contributed by atoms with van der Waals surface area (Å²) in [5, 5.41) is 20.4. The first-order valence-electron chi connectivity index (χ1n) is 35.8. The van der Waals surface area contributed by atoms with Crippen LogP contribution in [0.25, 0.3) is 16.0 Å². The van der Waals surface area contributed by atoms with Crippen molar-refractivity contribution in [2.45, 2.75) is 169 Å². The van der Waals surface area contributed by atoms with Gasteiger partial charge in [-0.15, -0.1) is 23.1 Å². The molecular weight excluding hydrogens is 1450 g/mol. The van der Waals surface area contributed by atoms with Crippen LogP contribution in [-0.4, -0.2) is 183 Å². The predicted octanol–water partition coefficient (Wildman–Crippen LogP) is 11.9. The van der Waals surface area contributed by atoms with Gasteiger partial charge >= 0.3 is 5.51 Å². The summed E-state index contributed by atoms with van der Waals surface area (Å²) in [5.41, 5.74) is 3.46. The van der Waals surface area contributed by atoms with E-state index in [1.165, 1.54) is 39.4 Å². The number of anilines is 2. The third-order valence-corrected chi connectivity index (χ3v) is 26.0. The number of hydrogen-bond donors (Lipinski definition) is 5. The van der Waals surface area contributed by atoms with Gasteiger partial charge in [0, 0.05) is 124 Å². The Balaban J connectivity index is 0.677. The molecule has 1 aromatic heterocycles. The smallest absolute Gasteiger partial charge is 0.391 e. The van der Waals surface area contributed by atoms with Crippen molar-refractivity contribution in [3.8, 4) is 10.4 Å². The van der Waals surface area contributed by atoms with Crippen molar-refractivity contribution < 1.29 is 59.1 Å². The molecule has 5 aliphatic rings. The lowest BCUT2D eigenvalue weighted by molar-refractivity contribution is -0.144. The van der Waals surface area contributed by atoms with E-state index in [1.54, 1.807) is 54.7 Å². The molecule has 0 spiro atoms. The summed E-state index contributed by atoms with van der Waals surface area (Å²) in [7, 11) is -11.2. The van der Waals surface area contributed by atoms with Crippen molar-refractivity contribution in [1.29, 1.82) is 0 Å².